The normalized spacial score (nSPS) is 13.4. The molecule has 0 spiro atoms. The number of benzene rings is 2. The smallest absolute Gasteiger partial charge is 0.237 e. The summed E-state index contributed by atoms with van der Waals surface area (Å²) in [4.78, 5) is 12.6. The van der Waals surface area contributed by atoms with Gasteiger partial charge in [-0.2, -0.15) is 0 Å². The Balaban J connectivity index is 1.35. The summed E-state index contributed by atoms with van der Waals surface area (Å²) in [7, 11) is 0. The van der Waals surface area contributed by atoms with Gasteiger partial charge in [-0.15, -0.1) is 10.2 Å². The van der Waals surface area contributed by atoms with Gasteiger partial charge in [-0.25, -0.2) is 0 Å². The zero-order valence-electron chi connectivity index (χ0n) is 17.1. The Bertz CT molecular complexity index is 1060. The maximum atomic E-state index is 12.6. The number of aromatic nitrogens is 2. The van der Waals surface area contributed by atoms with Gasteiger partial charge in [0.05, 0.1) is 17.5 Å². The van der Waals surface area contributed by atoms with E-state index in [1.807, 2.05) is 38.1 Å². The second-order valence-electron chi connectivity index (χ2n) is 6.54. The topological polar surface area (TPSA) is 94.6 Å². The summed E-state index contributed by atoms with van der Waals surface area (Å²) in [5.41, 5.74) is 1.48. The van der Waals surface area contributed by atoms with E-state index in [-0.39, 0.29) is 11.2 Å². The van der Waals surface area contributed by atoms with E-state index in [2.05, 4.69) is 20.8 Å². The average Bonchev–Trinajstić information content (AvgIpc) is 3.22. The summed E-state index contributed by atoms with van der Waals surface area (Å²) < 4.78 is 17.4. The molecule has 0 saturated heterocycles. The van der Waals surface area contributed by atoms with E-state index >= 15 is 0 Å². The maximum Gasteiger partial charge on any atom is 0.237 e. The largest absolute Gasteiger partial charge is 0.492 e. The fourth-order valence-corrected chi connectivity index (χ4v) is 4.75. The molecule has 1 atom stereocenters. The predicted molar refractivity (Wildman–Crippen MR) is 122 cm³/mol. The van der Waals surface area contributed by atoms with E-state index in [1.165, 1.54) is 23.1 Å². The minimum absolute atomic E-state index is 0.131. The molecule has 2 N–H and O–H groups in total. The van der Waals surface area contributed by atoms with Crippen LogP contribution in [0.5, 0.6) is 17.2 Å². The average molecular weight is 459 g/mol. The second-order valence-corrected chi connectivity index (χ2v) is 9.10. The van der Waals surface area contributed by atoms with E-state index in [9.17, 15) is 4.79 Å². The van der Waals surface area contributed by atoms with Crippen LogP contribution in [0.4, 0.5) is 16.5 Å². The van der Waals surface area contributed by atoms with Crippen molar-refractivity contribution in [3.8, 4) is 17.2 Å². The lowest BCUT2D eigenvalue weighted by molar-refractivity contribution is -0.115. The van der Waals surface area contributed by atoms with Crippen LogP contribution in [0.25, 0.3) is 0 Å². The highest BCUT2D eigenvalue weighted by molar-refractivity contribution is 8.02. The highest BCUT2D eigenvalue weighted by atomic mass is 32.2. The maximum absolute atomic E-state index is 12.6. The van der Waals surface area contributed by atoms with Gasteiger partial charge >= 0.3 is 0 Å². The summed E-state index contributed by atoms with van der Waals surface area (Å²) in [5, 5.41) is 14.8. The van der Waals surface area contributed by atoms with E-state index < -0.39 is 0 Å². The molecular weight excluding hydrogens is 436 g/mol. The lowest BCUT2D eigenvalue weighted by Crippen LogP contribution is -2.22. The fraction of sp³-hybridized carbons (Fsp3) is 0.286. The molecule has 0 saturated carbocycles. The molecule has 1 aliphatic rings. The molecule has 10 heteroatoms. The number of nitrogens with one attached hydrogen (secondary N) is 2. The Hall–Kier alpha value is -2.98. The molecule has 4 rings (SSSR count). The number of hydrogen-bond acceptors (Lipinski definition) is 9. The number of anilines is 3. The summed E-state index contributed by atoms with van der Waals surface area (Å²) in [6.45, 7) is 5.37. The minimum atomic E-state index is -0.357. The van der Waals surface area contributed by atoms with Crippen molar-refractivity contribution in [1.82, 2.24) is 10.2 Å². The predicted octanol–water partition coefficient (Wildman–Crippen LogP) is 4.57. The standard InChI is InChI=1S/C21H22N4O4S2/c1-3-27-16-7-5-4-6-15(16)23-20-24-25-21(31-20)30-13(2)19(26)22-14-8-9-17-18(12-14)29-11-10-28-17/h4-9,12-13H,3,10-11H2,1-2H3,(H,22,26)(H,23,24). The molecule has 0 aliphatic carbocycles. The van der Waals surface area contributed by atoms with Crippen molar-refractivity contribution in [3.05, 3.63) is 42.5 Å². The zero-order valence-corrected chi connectivity index (χ0v) is 18.7. The Morgan fingerprint density at radius 3 is 2.84 bits per heavy atom. The van der Waals surface area contributed by atoms with Gasteiger partial charge in [-0.05, 0) is 38.1 Å². The molecule has 0 bridgehead atoms. The highest BCUT2D eigenvalue weighted by Crippen LogP contribution is 2.35. The molecule has 1 amide bonds. The van der Waals surface area contributed by atoms with Crippen LogP contribution in [0.15, 0.2) is 46.8 Å². The van der Waals surface area contributed by atoms with Crippen LogP contribution in [0.1, 0.15) is 13.8 Å². The molecule has 1 aromatic heterocycles. The first-order chi connectivity index (χ1) is 15.1. The Morgan fingerprint density at radius 1 is 1.19 bits per heavy atom. The van der Waals surface area contributed by atoms with Gasteiger partial charge in [0.25, 0.3) is 0 Å². The summed E-state index contributed by atoms with van der Waals surface area (Å²) in [6.07, 6.45) is 0. The van der Waals surface area contributed by atoms with Crippen molar-refractivity contribution in [2.75, 3.05) is 30.5 Å². The molecule has 0 fully saturated rings. The van der Waals surface area contributed by atoms with Gasteiger partial charge < -0.3 is 24.8 Å². The van der Waals surface area contributed by atoms with Crippen LogP contribution < -0.4 is 24.8 Å². The van der Waals surface area contributed by atoms with E-state index in [4.69, 9.17) is 14.2 Å². The number of nitrogens with zero attached hydrogens (tertiary/aromatic N) is 2. The number of amides is 1. The molecule has 3 aromatic rings. The van der Waals surface area contributed by atoms with Crippen molar-refractivity contribution in [2.45, 2.75) is 23.4 Å². The summed E-state index contributed by atoms with van der Waals surface area (Å²) in [6, 6.07) is 13.0. The van der Waals surface area contributed by atoms with Gasteiger partial charge in [0.1, 0.15) is 19.0 Å². The first-order valence-corrected chi connectivity index (χ1v) is 11.5. The molecule has 1 unspecified atom stereocenters. The van der Waals surface area contributed by atoms with Crippen molar-refractivity contribution in [1.29, 1.82) is 0 Å². The first-order valence-electron chi connectivity index (χ1n) is 9.82. The van der Waals surface area contributed by atoms with Crippen molar-refractivity contribution < 1.29 is 19.0 Å². The van der Waals surface area contributed by atoms with Gasteiger partial charge in [-0.1, -0.05) is 35.2 Å². The van der Waals surface area contributed by atoms with Gasteiger partial charge in [-0.3, -0.25) is 4.79 Å². The molecule has 8 nitrogen and oxygen atoms in total. The molecule has 31 heavy (non-hydrogen) atoms. The number of para-hydroxylation sites is 2. The van der Waals surface area contributed by atoms with Crippen LogP contribution in [-0.4, -0.2) is 41.2 Å². The van der Waals surface area contributed by atoms with Crippen molar-refractivity contribution in [3.63, 3.8) is 0 Å². The van der Waals surface area contributed by atoms with Crippen molar-refractivity contribution >= 4 is 45.5 Å². The van der Waals surface area contributed by atoms with Crippen LogP contribution in [0.3, 0.4) is 0 Å². The zero-order chi connectivity index (χ0) is 21.6. The van der Waals surface area contributed by atoms with Gasteiger partial charge in [0.2, 0.25) is 11.0 Å². The van der Waals surface area contributed by atoms with Gasteiger partial charge in [0.15, 0.2) is 15.8 Å². The fourth-order valence-electron chi connectivity index (χ4n) is 2.84. The Labute approximate surface area is 188 Å². The molecule has 2 aromatic carbocycles. The Morgan fingerprint density at radius 2 is 2.00 bits per heavy atom. The third-order valence-electron chi connectivity index (χ3n) is 4.29. The number of rotatable bonds is 8. The number of ether oxygens (including phenoxy) is 3. The molecule has 1 aliphatic heterocycles. The minimum Gasteiger partial charge on any atom is -0.492 e. The summed E-state index contributed by atoms with van der Waals surface area (Å²) in [5.74, 6) is 1.94. The molecule has 162 valence electrons. The van der Waals surface area contributed by atoms with Crippen molar-refractivity contribution in [2.24, 2.45) is 0 Å². The second kappa shape index (κ2) is 9.88. The molecule has 2 heterocycles. The third kappa shape index (κ3) is 5.39. The number of carbonyl (C=O) groups is 1. The monoisotopic (exact) mass is 458 g/mol. The van der Waals surface area contributed by atoms with Gasteiger partial charge in [0, 0.05) is 11.8 Å². The summed E-state index contributed by atoms with van der Waals surface area (Å²) >= 11 is 2.73. The highest BCUT2D eigenvalue weighted by Gasteiger charge is 2.19. The van der Waals surface area contributed by atoms with E-state index in [0.717, 1.165) is 11.4 Å². The third-order valence-corrected chi connectivity index (χ3v) is 6.31. The first kappa shape index (κ1) is 21.3. The van der Waals surface area contributed by atoms with Crippen LogP contribution in [-0.2, 0) is 4.79 Å². The van der Waals surface area contributed by atoms with E-state index in [1.54, 1.807) is 18.2 Å². The van der Waals surface area contributed by atoms with Crippen LogP contribution in [0, 0.1) is 0 Å². The lowest BCUT2D eigenvalue weighted by atomic mass is 10.2. The molecule has 0 radical (unpaired) electrons. The number of thioether (sulfide) groups is 1. The lowest BCUT2D eigenvalue weighted by Gasteiger charge is -2.19. The van der Waals surface area contributed by atoms with E-state index in [0.29, 0.717) is 46.5 Å². The van der Waals surface area contributed by atoms with Crippen LogP contribution in [0.2, 0.25) is 0 Å². The number of carbonyl (C=O) groups excluding carboxylic acids is 1. The SMILES string of the molecule is CCOc1ccccc1Nc1nnc(SC(C)C(=O)Nc2ccc3c(c2)OCCO3)s1. The quantitative estimate of drug-likeness (QED) is 0.474. The number of hydrogen-bond donors (Lipinski definition) is 2. The van der Waals surface area contributed by atoms with Crippen LogP contribution >= 0.6 is 23.1 Å². The number of fused-ring (bicyclic) bond motifs is 1. The Kier molecular flexibility index (Phi) is 6.78. The molecular formula is C21H22N4O4S2.